The normalized spacial score (nSPS) is 21.6. The summed E-state index contributed by atoms with van der Waals surface area (Å²) in [6.07, 6.45) is 1.92. The van der Waals surface area contributed by atoms with Crippen LogP contribution in [0.25, 0.3) is 10.2 Å². The van der Waals surface area contributed by atoms with Crippen LogP contribution >= 0.6 is 11.3 Å². The van der Waals surface area contributed by atoms with Gasteiger partial charge in [-0.25, -0.2) is 9.97 Å². The van der Waals surface area contributed by atoms with Crippen LogP contribution in [0.15, 0.2) is 17.8 Å². The van der Waals surface area contributed by atoms with Crippen molar-refractivity contribution in [2.24, 2.45) is 0 Å². The van der Waals surface area contributed by atoms with Crippen molar-refractivity contribution in [1.29, 1.82) is 0 Å². The van der Waals surface area contributed by atoms with Crippen molar-refractivity contribution in [3.05, 3.63) is 17.8 Å². The van der Waals surface area contributed by atoms with E-state index in [1.165, 1.54) is 0 Å². The molecule has 0 spiro atoms. The molecule has 0 radical (unpaired) electrons. The molecule has 5 heteroatoms. The van der Waals surface area contributed by atoms with Gasteiger partial charge in [0.2, 0.25) is 0 Å². The molecule has 1 aliphatic heterocycles. The van der Waals surface area contributed by atoms with Gasteiger partial charge in [0, 0.05) is 13.1 Å². The Morgan fingerprint density at radius 2 is 2.44 bits per heavy atom. The number of nitrogens with zero attached hydrogens (tertiary/aromatic N) is 3. The number of anilines is 1. The van der Waals surface area contributed by atoms with Gasteiger partial charge in [-0.05, 0) is 18.4 Å². The molecule has 2 aromatic rings. The van der Waals surface area contributed by atoms with E-state index in [0.717, 1.165) is 35.7 Å². The molecule has 84 valence electrons. The molecule has 1 saturated heterocycles. The number of fused-ring (bicyclic) bond motifs is 1. The van der Waals surface area contributed by atoms with Gasteiger partial charge in [-0.2, -0.15) is 0 Å². The fourth-order valence-corrected chi connectivity index (χ4v) is 2.77. The molecule has 0 unspecified atom stereocenters. The van der Waals surface area contributed by atoms with Gasteiger partial charge in [-0.3, -0.25) is 0 Å². The molecular weight excluding hydrogens is 222 g/mol. The molecule has 2 aromatic heterocycles. The highest BCUT2D eigenvalue weighted by atomic mass is 32.1. The summed E-state index contributed by atoms with van der Waals surface area (Å²) < 4.78 is 5.54. The van der Waals surface area contributed by atoms with E-state index in [9.17, 15) is 0 Å². The van der Waals surface area contributed by atoms with E-state index in [1.54, 1.807) is 17.7 Å². The minimum Gasteiger partial charge on any atom is -0.375 e. The van der Waals surface area contributed by atoms with Crippen molar-refractivity contribution >= 4 is 27.4 Å². The number of hydrogen-bond donors (Lipinski definition) is 0. The highest BCUT2D eigenvalue weighted by Gasteiger charge is 2.20. The van der Waals surface area contributed by atoms with Crippen LogP contribution in [0.3, 0.4) is 0 Å². The third kappa shape index (κ3) is 1.66. The van der Waals surface area contributed by atoms with Gasteiger partial charge in [-0.15, -0.1) is 11.3 Å². The molecule has 0 amide bonds. The van der Waals surface area contributed by atoms with Crippen molar-refractivity contribution in [3.8, 4) is 0 Å². The van der Waals surface area contributed by atoms with Crippen molar-refractivity contribution in [2.75, 3.05) is 24.6 Å². The van der Waals surface area contributed by atoms with Crippen LogP contribution in [0.5, 0.6) is 0 Å². The molecule has 3 heterocycles. The first-order valence-corrected chi connectivity index (χ1v) is 6.27. The monoisotopic (exact) mass is 235 g/mol. The zero-order valence-corrected chi connectivity index (χ0v) is 9.91. The molecule has 3 rings (SSSR count). The number of rotatable bonds is 1. The van der Waals surface area contributed by atoms with E-state index in [2.05, 4.69) is 33.2 Å². The first kappa shape index (κ1) is 9.99. The molecule has 4 nitrogen and oxygen atoms in total. The highest BCUT2D eigenvalue weighted by Crippen LogP contribution is 2.27. The standard InChI is InChI=1S/C11H13N3OS/c1-8-6-14(3-4-15-8)10-9-2-5-16-11(9)13-7-12-10/h2,5,7-8H,3-4,6H2,1H3/t8-/m0/s1. The zero-order chi connectivity index (χ0) is 11.0. The zero-order valence-electron chi connectivity index (χ0n) is 9.09. The van der Waals surface area contributed by atoms with E-state index >= 15 is 0 Å². The van der Waals surface area contributed by atoms with Gasteiger partial charge in [0.1, 0.15) is 17.0 Å². The molecule has 0 saturated carbocycles. The fraction of sp³-hybridized carbons (Fsp3) is 0.455. The lowest BCUT2D eigenvalue weighted by Gasteiger charge is -2.32. The molecule has 16 heavy (non-hydrogen) atoms. The second-order valence-corrected chi connectivity index (χ2v) is 4.86. The number of hydrogen-bond acceptors (Lipinski definition) is 5. The Bertz CT molecular complexity index is 499. The van der Waals surface area contributed by atoms with Gasteiger partial charge in [0.15, 0.2) is 0 Å². The van der Waals surface area contributed by atoms with Crippen LogP contribution < -0.4 is 4.90 Å². The summed E-state index contributed by atoms with van der Waals surface area (Å²) in [6.45, 7) is 4.68. The van der Waals surface area contributed by atoms with E-state index < -0.39 is 0 Å². The lowest BCUT2D eigenvalue weighted by Crippen LogP contribution is -2.41. The van der Waals surface area contributed by atoms with E-state index in [-0.39, 0.29) is 6.10 Å². The summed E-state index contributed by atoms with van der Waals surface area (Å²) in [6, 6.07) is 2.09. The minimum atomic E-state index is 0.275. The summed E-state index contributed by atoms with van der Waals surface area (Å²) in [7, 11) is 0. The van der Waals surface area contributed by atoms with Gasteiger partial charge in [0.05, 0.1) is 18.1 Å². The van der Waals surface area contributed by atoms with E-state index in [4.69, 9.17) is 4.74 Å². The van der Waals surface area contributed by atoms with Crippen molar-refractivity contribution in [2.45, 2.75) is 13.0 Å². The maximum Gasteiger partial charge on any atom is 0.140 e. The van der Waals surface area contributed by atoms with Crippen molar-refractivity contribution < 1.29 is 4.74 Å². The van der Waals surface area contributed by atoms with Crippen LogP contribution in [0.4, 0.5) is 5.82 Å². The van der Waals surface area contributed by atoms with Crippen LogP contribution in [0, 0.1) is 0 Å². The lowest BCUT2D eigenvalue weighted by atomic mass is 10.2. The average molecular weight is 235 g/mol. The minimum absolute atomic E-state index is 0.275. The van der Waals surface area contributed by atoms with Crippen LogP contribution in [0.1, 0.15) is 6.92 Å². The maximum atomic E-state index is 5.54. The van der Waals surface area contributed by atoms with Crippen LogP contribution in [0.2, 0.25) is 0 Å². The topological polar surface area (TPSA) is 38.2 Å². The molecule has 0 aliphatic carbocycles. The maximum absolute atomic E-state index is 5.54. The molecule has 1 atom stereocenters. The smallest absolute Gasteiger partial charge is 0.140 e. The molecule has 0 aromatic carbocycles. The van der Waals surface area contributed by atoms with Crippen molar-refractivity contribution in [3.63, 3.8) is 0 Å². The molecule has 1 aliphatic rings. The molecule has 0 N–H and O–H groups in total. The molecule has 0 bridgehead atoms. The van der Waals surface area contributed by atoms with Gasteiger partial charge in [0.25, 0.3) is 0 Å². The van der Waals surface area contributed by atoms with Gasteiger partial charge >= 0.3 is 0 Å². The Morgan fingerprint density at radius 3 is 3.31 bits per heavy atom. The Kier molecular flexibility index (Phi) is 2.49. The summed E-state index contributed by atoms with van der Waals surface area (Å²) >= 11 is 1.66. The summed E-state index contributed by atoms with van der Waals surface area (Å²) in [5.41, 5.74) is 0. The number of thiophene rings is 1. The predicted octanol–water partition coefficient (Wildman–Crippen LogP) is 1.92. The van der Waals surface area contributed by atoms with Crippen LogP contribution in [-0.2, 0) is 4.74 Å². The van der Waals surface area contributed by atoms with Crippen molar-refractivity contribution in [1.82, 2.24) is 9.97 Å². The summed E-state index contributed by atoms with van der Waals surface area (Å²) in [4.78, 5) is 12.0. The summed E-state index contributed by atoms with van der Waals surface area (Å²) in [5.74, 6) is 1.04. The number of ether oxygens (including phenoxy) is 1. The highest BCUT2D eigenvalue weighted by molar-refractivity contribution is 7.16. The van der Waals surface area contributed by atoms with E-state index in [1.807, 2.05) is 0 Å². The largest absolute Gasteiger partial charge is 0.375 e. The molecule has 1 fully saturated rings. The van der Waals surface area contributed by atoms with Gasteiger partial charge in [-0.1, -0.05) is 0 Å². The third-order valence-corrected chi connectivity index (χ3v) is 3.60. The second-order valence-electron chi connectivity index (χ2n) is 3.96. The Labute approximate surface area is 97.9 Å². The Hall–Kier alpha value is -1.20. The predicted molar refractivity (Wildman–Crippen MR) is 65.0 cm³/mol. The van der Waals surface area contributed by atoms with Crippen LogP contribution in [-0.4, -0.2) is 35.8 Å². The lowest BCUT2D eigenvalue weighted by molar-refractivity contribution is 0.0530. The molecular formula is C11H13N3OS. The SMILES string of the molecule is C[C@H]1CN(c2ncnc3sccc23)CCO1. The Balaban J connectivity index is 2.01. The quantitative estimate of drug-likeness (QED) is 0.757. The average Bonchev–Trinajstić information content (AvgIpc) is 2.76. The van der Waals surface area contributed by atoms with Gasteiger partial charge < -0.3 is 9.64 Å². The second kappa shape index (κ2) is 3.99. The fourth-order valence-electron chi connectivity index (χ4n) is 2.04. The third-order valence-electron chi connectivity index (χ3n) is 2.78. The summed E-state index contributed by atoms with van der Waals surface area (Å²) in [5, 5.41) is 3.22. The Morgan fingerprint density at radius 1 is 1.50 bits per heavy atom. The number of aromatic nitrogens is 2. The van der Waals surface area contributed by atoms with E-state index in [0.29, 0.717) is 0 Å². The number of morpholine rings is 1. The first-order valence-electron chi connectivity index (χ1n) is 5.39. The first-order chi connectivity index (χ1) is 7.84.